The number of halogens is 6. The molecule has 0 amide bonds. The predicted octanol–water partition coefficient (Wildman–Crippen LogP) is 5.25. The van der Waals surface area contributed by atoms with Crippen molar-refractivity contribution in [1.82, 2.24) is 0 Å². The molecule has 0 aliphatic heterocycles. The van der Waals surface area contributed by atoms with E-state index in [2.05, 4.69) is 6.07 Å². The molecule has 0 aliphatic rings. The first-order chi connectivity index (χ1) is 8.69. The van der Waals surface area contributed by atoms with Crippen molar-refractivity contribution in [2.24, 2.45) is 0 Å². The third kappa shape index (κ3) is 2.91. The molecule has 7 heteroatoms. The zero-order valence-corrected chi connectivity index (χ0v) is 9.88. The van der Waals surface area contributed by atoms with Crippen LogP contribution in [0.25, 0.3) is 10.4 Å². The van der Waals surface area contributed by atoms with Gasteiger partial charge in [0.2, 0.25) is 0 Å². The lowest BCUT2D eigenvalue weighted by atomic mass is 10.0. The van der Waals surface area contributed by atoms with Gasteiger partial charge in [-0.25, -0.2) is 0 Å². The third-order valence-corrected chi connectivity index (χ3v) is 3.23. The first kappa shape index (κ1) is 13.9. The minimum absolute atomic E-state index is 0.134. The van der Waals surface area contributed by atoms with Gasteiger partial charge in [-0.2, -0.15) is 26.3 Å². The van der Waals surface area contributed by atoms with E-state index >= 15 is 0 Å². The lowest BCUT2D eigenvalue weighted by molar-refractivity contribution is -0.142. The summed E-state index contributed by atoms with van der Waals surface area (Å²) < 4.78 is 75.9. The van der Waals surface area contributed by atoms with E-state index in [1.54, 1.807) is 0 Å². The number of hydrogen-bond donors (Lipinski definition) is 0. The van der Waals surface area contributed by atoms with Gasteiger partial charge in [-0.3, -0.25) is 0 Å². The van der Waals surface area contributed by atoms with Gasteiger partial charge in [0.15, 0.2) is 0 Å². The van der Waals surface area contributed by atoms with Gasteiger partial charge in [0.25, 0.3) is 0 Å². The van der Waals surface area contributed by atoms with Crippen LogP contribution in [0.5, 0.6) is 0 Å². The Bertz CT molecular complexity index is 565. The van der Waals surface area contributed by atoms with Gasteiger partial charge in [-0.15, -0.1) is 11.3 Å². The van der Waals surface area contributed by atoms with E-state index in [9.17, 15) is 26.3 Å². The molecule has 0 unspecified atom stereocenters. The second-order valence-corrected chi connectivity index (χ2v) is 4.58. The Morgan fingerprint density at radius 1 is 0.947 bits per heavy atom. The standard InChI is InChI=1S/C12H5F6S/c13-11(14,15)7-3-4-8(10-2-1-5-19-10)9(6-7)12(16,17)18/h2-6H. The zero-order chi connectivity index (χ0) is 14.3. The Kier molecular flexibility index (Phi) is 3.34. The van der Waals surface area contributed by atoms with Crippen molar-refractivity contribution in [2.45, 2.75) is 12.4 Å². The lowest BCUT2D eigenvalue weighted by Gasteiger charge is -2.15. The van der Waals surface area contributed by atoms with Crippen molar-refractivity contribution < 1.29 is 26.3 Å². The molecule has 0 atom stereocenters. The van der Waals surface area contributed by atoms with Gasteiger partial charge >= 0.3 is 12.4 Å². The van der Waals surface area contributed by atoms with E-state index in [1.807, 2.05) is 0 Å². The van der Waals surface area contributed by atoms with Crippen molar-refractivity contribution in [3.63, 3.8) is 0 Å². The minimum Gasteiger partial charge on any atom is -0.166 e. The van der Waals surface area contributed by atoms with Gasteiger partial charge in [0, 0.05) is 10.4 Å². The van der Waals surface area contributed by atoms with E-state index in [1.165, 1.54) is 11.4 Å². The third-order valence-electron chi connectivity index (χ3n) is 2.39. The van der Waals surface area contributed by atoms with Crippen molar-refractivity contribution in [2.75, 3.05) is 0 Å². The van der Waals surface area contributed by atoms with E-state index < -0.39 is 23.5 Å². The van der Waals surface area contributed by atoms with Gasteiger partial charge in [0.05, 0.1) is 11.1 Å². The molecule has 1 aromatic carbocycles. The topological polar surface area (TPSA) is 0 Å². The molecule has 2 aromatic rings. The summed E-state index contributed by atoms with van der Waals surface area (Å²) in [6.07, 6.45) is -9.65. The zero-order valence-electron chi connectivity index (χ0n) is 9.06. The summed E-state index contributed by atoms with van der Waals surface area (Å²) >= 11 is 0.983. The van der Waals surface area contributed by atoms with Crippen molar-refractivity contribution in [3.8, 4) is 10.4 Å². The van der Waals surface area contributed by atoms with E-state index in [-0.39, 0.29) is 16.5 Å². The fraction of sp³-hybridized carbons (Fsp3) is 0.167. The summed E-state index contributed by atoms with van der Waals surface area (Å²) in [5.74, 6) is 0. The van der Waals surface area contributed by atoms with Gasteiger partial charge in [-0.05, 0) is 29.6 Å². The number of rotatable bonds is 1. The van der Waals surface area contributed by atoms with Crippen molar-refractivity contribution >= 4 is 11.3 Å². The second kappa shape index (κ2) is 4.56. The molecule has 0 saturated heterocycles. The lowest BCUT2D eigenvalue weighted by Crippen LogP contribution is -2.11. The van der Waals surface area contributed by atoms with Crippen LogP contribution in [0.2, 0.25) is 0 Å². The van der Waals surface area contributed by atoms with Crippen LogP contribution in [0.4, 0.5) is 26.3 Å². The molecule has 19 heavy (non-hydrogen) atoms. The summed E-state index contributed by atoms with van der Waals surface area (Å²) in [7, 11) is 0. The maximum absolute atomic E-state index is 12.8. The average Bonchev–Trinajstić information content (AvgIpc) is 2.79. The molecule has 101 valence electrons. The smallest absolute Gasteiger partial charge is 0.166 e. The van der Waals surface area contributed by atoms with Crippen LogP contribution in [0, 0.1) is 6.07 Å². The molecular formula is C12H5F6S. The monoisotopic (exact) mass is 295 g/mol. The normalized spacial score (nSPS) is 12.7. The number of thiophene rings is 1. The summed E-state index contributed by atoms with van der Waals surface area (Å²) in [5, 5.41) is 1.44. The van der Waals surface area contributed by atoms with Crippen LogP contribution in [0.15, 0.2) is 29.6 Å². The molecule has 0 fully saturated rings. The number of alkyl halides is 6. The molecule has 0 bridgehead atoms. The molecule has 0 N–H and O–H groups in total. The summed E-state index contributed by atoms with van der Waals surface area (Å²) in [4.78, 5) is 0.223. The van der Waals surface area contributed by atoms with Crippen LogP contribution in [0.3, 0.4) is 0 Å². The van der Waals surface area contributed by atoms with E-state index in [4.69, 9.17) is 0 Å². The Balaban J connectivity index is 2.63. The van der Waals surface area contributed by atoms with E-state index in [0.29, 0.717) is 6.07 Å². The molecule has 1 radical (unpaired) electrons. The summed E-state index contributed by atoms with van der Waals surface area (Å²) in [6, 6.07) is 5.50. The molecule has 2 rings (SSSR count). The highest BCUT2D eigenvalue weighted by molar-refractivity contribution is 7.13. The van der Waals surface area contributed by atoms with Gasteiger partial charge in [-0.1, -0.05) is 6.07 Å². The molecule has 0 spiro atoms. The molecule has 0 aliphatic carbocycles. The van der Waals surface area contributed by atoms with Crippen LogP contribution in [0.1, 0.15) is 11.1 Å². The van der Waals surface area contributed by atoms with Crippen LogP contribution >= 0.6 is 11.3 Å². The second-order valence-electron chi connectivity index (χ2n) is 3.67. The maximum Gasteiger partial charge on any atom is 0.417 e. The number of hydrogen-bond acceptors (Lipinski definition) is 1. The highest BCUT2D eigenvalue weighted by Crippen LogP contribution is 2.41. The fourth-order valence-corrected chi connectivity index (χ4v) is 2.26. The van der Waals surface area contributed by atoms with Gasteiger partial charge in [0.1, 0.15) is 0 Å². The van der Waals surface area contributed by atoms with Crippen LogP contribution in [-0.2, 0) is 12.4 Å². The predicted molar refractivity (Wildman–Crippen MR) is 58.6 cm³/mol. The maximum atomic E-state index is 12.8. The summed E-state index contributed by atoms with van der Waals surface area (Å²) in [5.41, 5.74) is -2.88. The Morgan fingerprint density at radius 3 is 2.11 bits per heavy atom. The number of benzene rings is 1. The molecular weight excluding hydrogens is 290 g/mol. The molecule has 1 aromatic heterocycles. The quantitative estimate of drug-likeness (QED) is 0.630. The Hall–Kier alpha value is -1.50. The molecule has 0 nitrogen and oxygen atoms in total. The largest absolute Gasteiger partial charge is 0.417 e. The average molecular weight is 295 g/mol. The van der Waals surface area contributed by atoms with Crippen molar-refractivity contribution in [1.29, 1.82) is 0 Å². The minimum atomic E-state index is -4.85. The van der Waals surface area contributed by atoms with E-state index in [0.717, 1.165) is 17.4 Å². The first-order valence-corrected chi connectivity index (χ1v) is 5.81. The Morgan fingerprint density at radius 2 is 1.63 bits per heavy atom. The van der Waals surface area contributed by atoms with Crippen molar-refractivity contribution in [3.05, 3.63) is 46.8 Å². The fourth-order valence-electron chi connectivity index (χ4n) is 1.55. The molecule has 0 saturated carbocycles. The SMILES string of the molecule is FC(F)(F)c1ccc(-c2c[c]cs2)c(C(F)(F)F)c1. The van der Waals surface area contributed by atoms with Gasteiger partial charge < -0.3 is 0 Å². The van der Waals surface area contributed by atoms with Crippen LogP contribution in [-0.4, -0.2) is 0 Å². The highest BCUT2D eigenvalue weighted by atomic mass is 32.1. The molecule has 1 heterocycles. The summed E-state index contributed by atoms with van der Waals surface area (Å²) in [6.45, 7) is 0. The highest BCUT2D eigenvalue weighted by Gasteiger charge is 2.38. The Labute approximate surface area is 108 Å². The van der Waals surface area contributed by atoms with Crippen LogP contribution < -0.4 is 0 Å². The first-order valence-electron chi connectivity index (χ1n) is 4.93.